The Morgan fingerprint density at radius 3 is 1.90 bits per heavy atom. The fourth-order valence-corrected chi connectivity index (χ4v) is 11.8. The number of fused-ring (bicyclic) bond motifs is 4. The first-order chi connectivity index (χ1) is 46.5. The molecule has 5 N–H and O–H groups in total. The molecule has 25 nitrogen and oxygen atoms in total. The molecule has 5 aliphatic rings. The zero-order chi connectivity index (χ0) is 68.5. The first-order valence-electron chi connectivity index (χ1n) is 33.3. The number of anilines is 2. The monoisotopic (exact) mass is 1330 g/mol. The topological polar surface area (TPSA) is 293 Å². The minimum atomic E-state index is -1.57. The molecule has 1 fully saturated rings. The number of nitrogens with zero attached hydrogens (tertiary/aromatic N) is 4. The normalized spacial score (nSPS) is 18.3. The standard InChI is InChI=1S/C71H94N8O17/c1-8-15-50-35-53-42-73-56-40-61(59(88-6)38-54(56)68(84)77(53)43-50)94-25-14-26-95-62-41-57-55(39-60(62)89-7)69(85)78-44-51(16-9-2)36-58(78)70(86)79(57)71(87)96-45-49-19-21-52(22-20-49)75-66(82)47(5)74-67(83)65(46(3)4)76-63(80)23-27-90-29-31-92-33-34-93-32-30-91-28-24-72-64(81)37-48-17-12-10-11-13-18-48/h8-9,15-16,19-22,38-44,46-48,53,58,65,70,86H,10-14,17-18,23-37,45H2,1-7H3,(H,72,81)(H,74,83)(H,75,82)(H,76,80)/b15-8+,16-9+/t47-,53-,58-,65-,70-/m0/s1. The van der Waals surface area contributed by atoms with Crippen molar-refractivity contribution in [1.29, 1.82) is 0 Å². The Labute approximate surface area is 561 Å². The highest BCUT2D eigenvalue weighted by atomic mass is 16.6. The lowest BCUT2D eigenvalue weighted by molar-refractivity contribution is -0.132. The number of aliphatic imine (C=N–C) groups is 1. The van der Waals surface area contributed by atoms with Gasteiger partial charge in [0.05, 0.1) is 115 Å². The maximum Gasteiger partial charge on any atom is 0.416 e. The summed E-state index contributed by atoms with van der Waals surface area (Å²) in [7, 11) is 2.92. The van der Waals surface area contributed by atoms with Crippen LogP contribution < -0.4 is 45.1 Å². The molecule has 3 aromatic rings. The zero-order valence-corrected chi connectivity index (χ0v) is 56.2. The van der Waals surface area contributed by atoms with Crippen molar-refractivity contribution in [1.82, 2.24) is 25.8 Å². The van der Waals surface area contributed by atoms with Crippen LogP contribution in [0, 0.1) is 11.8 Å². The van der Waals surface area contributed by atoms with Gasteiger partial charge in [0.15, 0.2) is 29.2 Å². The molecule has 0 saturated heterocycles. The Hall–Kier alpha value is -8.62. The minimum Gasteiger partial charge on any atom is -0.493 e. The number of carbonyl (C=O) groups is 7. The van der Waals surface area contributed by atoms with Crippen molar-refractivity contribution in [3.8, 4) is 23.0 Å². The SMILES string of the molecule is C/C=C/C1=CN2C(=O)c3cc(OC)c(OCCCOc4cc5c(cc4OC)C(=O)N4C=C(/C=C/C)C[C@H]4[C@H](O)N5C(=O)OCc4ccc(NC(=O)[C@H](C)NC(=O)[C@@H](NC(=O)CCOCCOCCOCCOCCNC(=O)CC5CCCCCC5)C(C)C)cc4)cc3N=C[C@@H]2C1. The highest BCUT2D eigenvalue weighted by Gasteiger charge is 2.46. The van der Waals surface area contributed by atoms with Gasteiger partial charge in [-0.15, -0.1) is 0 Å². The molecular formula is C71H94N8O17. The lowest BCUT2D eigenvalue weighted by Crippen LogP contribution is -2.53. The van der Waals surface area contributed by atoms with Gasteiger partial charge in [-0.3, -0.25) is 33.8 Å². The molecule has 3 aromatic carbocycles. The quantitative estimate of drug-likeness (QED) is 0.0272. The second-order valence-electron chi connectivity index (χ2n) is 24.4. The Morgan fingerprint density at radius 1 is 0.667 bits per heavy atom. The van der Waals surface area contributed by atoms with E-state index in [-0.39, 0.29) is 92.4 Å². The third-order valence-electron chi connectivity index (χ3n) is 16.9. The van der Waals surface area contributed by atoms with Gasteiger partial charge >= 0.3 is 6.09 Å². The molecule has 0 spiro atoms. The summed E-state index contributed by atoms with van der Waals surface area (Å²) in [5, 5.41) is 23.3. The predicted molar refractivity (Wildman–Crippen MR) is 360 cm³/mol. The summed E-state index contributed by atoms with van der Waals surface area (Å²) in [5.74, 6) is -0.768. The number of methoxy groups -OCH3 is 2. The summed E-state index contributed by atoms with van der Waals surface area (Å²) in [4.78, 5) is 103. The van der Waals surface area contributed by atoms with Gasteiger partial charge in [0.25, 0.3) is 11.8 Å². The summed E-state index contributed by atoms with van der Waals surface area (Å²) >= 11 is 0. The molecule has 0 radical (unpaired) electrons. The van der Waals surface area contributed by atoms with Crippen molar-refractivity contribution in [3.05, 3.63) is 113 Å². The van der Waals surface area contributed by atoms with Crippen LogP contribution in [0.1, 0.15) is 132 Å². The molecule has 0 bridgehead atoms. The molecule has 4 heterocycles. The number of rotatable bonds is 35. The highest BCUT2D eigenvalue weighted by Crippen LogP contribution is 2.43. The van der Waals surface area contributed by atoms with Crippen molar-refractivity contribution in [2.75, 3.05) is 97.0 Å². The van der Waals surface area contributed by atoms with E-state index in [1.807, 2.05) is 44.4 Å². The lowest BCUT2D eigenvalue weighted by Gasteiger charge is -2.31. The van der Waals surface area contributed by atoms with Crippen molar-refractivity contribution in [3.63, 3.8) is 0 Å². The van der Waals surface area contributed by atoms with E-state index in [0.717, 1.165) is 28.9 Å². The van der Waals surface area contributed by atoms with Crippen LogP contribution in [-0.2, 0) is 49.5 Å². The third kappa shape index (κ3) is 20.5. The van der Waals surface area contributed by atoms with E-state index in [1.54, 1.807) is 67.6 Å². The van der Waals surface area contributed by atoms with E-state index in [4.69, 9.17) is 42.6 Å². The van der Waals surface area contributed by atoms with Gasteiger partial charge < -0.3 is 78.8 Å². The van der Waals surface area contributed by atoms with Crippen molar-refractivity contribution in [2.45, 2.75) is 142 Å². The molecule has 5 atom stereocenters. The molecule has 520 valence electrons. The molecule has 1 aliphatic carbocycles. The first kappa shape index (κ1) is 73.2. The number of hydrogen-bond donors (Lipinski definition) is 5. The first-order valence-corrected chi connectivity index (χ1v) is 33.3. The number of carbonyl (C=O) groups excluding carboxylic acids is 7. The largest absolute Gasteiger partial charge is 0.493 e. The molecule has 4 aliphatic heterocycles. The second-order valence-corrected chi connectivity index (χ2v) is 24.4. The van der Waals surface area contributed by atoms with E-state index in [1.165, 1.54) is 63.9 Å². The Balaban J connectivity index is 0.763. The number of amides is 7. The Bertz CT molecular complexity index is 3320. The van der Waals surface area contributed by atoms with E-state index in [2.05, 4.69) is 26.3 Å². The van der Waals surface area contributed by atoms with Crippen molar-refractivity contribution < 1.29 is 81.3 Å². The van der Waals surface area contributed by atoms with Crippen LogP contribution in [0.5, 0.6) is 23.0 Å². The molecule has 0 unspecified atom stereocenters. The Morgan fingerprint density at radius 2 is 1.26 bits per heavy atom. The van der Waals surface area contributed by atoms with Crippen molar-refractivity contribution in [2.24, 2.45) is 16.8 Å². The number of nitrogens with one attached hydrogen (secondary N) is 4. The van der Waals surface area contributed by atoms with Crippen LogP contribution in [0.4, 0.5) is 21.9 Å². The molecular weight excluding hydrogens is 1240 g/mol. The number of aliphatic hydroxyl groups is 1. The maximum atomic E-state index is 14.4. The summed E-state index contributed by atoms with van der Waals surface area (Å²) < 4.78 is 51.8. The van der Waals surface area contributed by atoms with Gasteiger partial charge in [-0.25, -0.2) is 9.69 Å². The molecule has 96 heavy (non-hydrogen) atoms. The van der Waals surface area contributed by atoms with Crippen LogP contribution in [0.3, 0.4) is 0 Å². The molecule has 25 heteroatoms. The third-order valence-corrected chi connectivity index (χ3v) is 16.9. The average Bonchev–Trinajstić information content (AvgIpc) is 1.59. The van der Waals surface area contributed by atoms with Crippen LogP contribution in [-0.4, -0.2) is 180 Å². The van der Waals surface area contributed by atoms with Crippen LogP contribution >= 0.6 is 0 Å². The van der Waals surface area contributed by atoms with Gasteiger partial charge in [-0.05, 0) is 99.3 Å². The van der Waals surface area contributed by atoms with Gasteiger partial charge in [0, 0.05) is 62.2 Å². The number of hydrogen-bond acceptors (Lipinski definition) is 18. The van der Waals surface area contributed by atoms with Crippen LogP contribution in [0.15, 0.2) is 101 Å². The van der Waals surface area contributed by atoms with E-state index >= 15 is 0 Å². The fraction of sp³-hybridized carbons (Fsp3) is 0.521. The molecule has 1 saturated carbocycles. The number of ether oxygens (including phenoxy) is 9. The van der Waals surface area contributed by atoms with Crippen LogP contribution in [0.25, 0.3) is 0 Å². The zero-order valence-electron chi connectivity index (χ0n) is 56.2. The maximum absolute atomic E-state index is 14.4. The molecule has 7 amide bonds. The van der Waals surface area contributed by atoms with Crippen molar-refractivity contribution >= 4 is 64.8 Å². The predicted octanol–water partition coefficient (Wildman–Crippen LogP) is 8.61. The molecule has 0 aromatic heterocycles. The molecule has 8 rings (SSSR count). The fourth-order valence-electron chi connectivity index (χ4n) is 11.8. The van der Waals surface area contributed by atoms with Gasteiger partial charge in [-0.2, -0.15) is 0 Å². The van der Waals surface area contributed by atoms with E-state index < -0.39 is 54.1 Å². The highest BCUT2D eigenvalue weighted by molar-refractivity contribution is 6.07. The van der Waals surface area contributed by atoms with Gasteiger partial charge in [-0.1, -0.05) is 76.0 Å². The smallest absolute Gasteiger partial charge is 0.416 e. The lowest BCUT2D eigenvalue weighted by atomic mass is 9.96. The summed E-state index contributed by atoms with van der Waals surface area (Å²) in [6.07, 6.45) is 19.4. The summed E-state index contributed by atoms with van der Waals surface area (Å²) in [5.41, 5.74) is 3.60. The summed E-state index contributed by atoms with van der Waals surface area (Å²) in [6.45, 7) is 11.9. The second kappa shape index (κ2) is 37.0. The number of allylic oxidation sites excluding steroid dienone is 4. The van der Waals surface area contributed by atoms with Crippen LogP contribution in [0.2, 0.25) is 0 Å². The number of benzene rings is 3. The van der Waals surface area contributed by atoms with E-state index in [0.29, 0.717) is 105 Å². The van der Waals surface area contributed by atoms with Gasteiger partial charge in [0.1, 0.15) is 18.7 Å². The Kier molecular flexibility index (Phi) is 28.2. The van der Waals surface area contributed by atoms with E-state index in [9.17, 15) is 38.7 Å². The number of aliphatic hydroxyl groups excluding tert-OH is 1. The van der Waals surface area contributed by atoms with Gasteiger partial charge in [0.2, 0.25) is 23.6 Å². The summed E-state index contributed by atoms with van der Waals surface area (Å²) in [6, 6.07) is 9.68. The minimum absolute atomic E-state index is 0.000222. The average molecular weight is 1330 g/mol.